The van der Waals surface area contributed by atoms with Crippen LogP contribution in [0.3, 0.4) is 0 Å². The number of morpholine rings is 1. The number of rotatable bonds is 6. The van der Waals surface area contributed by atoms with Gasteiger partial charge in [-0.3, -0.25) is 4.90 Å². The molecule has 0 saturated carbocycles. The van der Waals surface area contributed by atoms with Crippen LogP contribution in [0.25, 0.3) is 0 Å². The molecule has 1 aromatic rings. The van der Waals surface area contributed by atoms with Crippen LogP contribution in [0.5, 0.6) is 0 Å². The van der Waals surface area contributed by atoms with E-state index < -0.39 is 0 Å². The van der Waals surface area contributed by atoms with Crippen molar-refractivity contribution in [1.29, 1.82) is 0 Å². The molecule has 102 valence electrons. The third-order valence-electron chi connectivity index (χ3n) is 3.12. The van der Waals surface area contributed by atoms with Gasteiger partial charge in [-0.2, -0.15) is 0 Å². The summed E-state index contributed by atoms with van der Waals surface area (Å²) in [4.78, 5) is 2.22. The van der Waals surface area contributed by atoms with E-state index in [4.69, 9.17) is 9.84 Å². The Morgan fingerprint density at radius 2 is 2.39 bits per heavy atom. The molecule has 0 aliphatic carbocycles. The second-order valence-electron chi connectivity index (χ2n) is 4.58. The second kappa shape index (κ2) is 6.77. The Labute approximate surface area is 107 Å². The molecule has 1 unspecified atom stereocenters. The van der Waals surface area contributed by atoms with E-state index in [-0.39, 0.29) is 12.7 Å². The average Bonchev–Trinajstić information content (AvgIpc) is 2.84. The molecule has 2 rings (SSSR count). The second-order valence-corrected chi connectivity index (χ2v) is 4.58. The first-order chi connectivity index (χ1) is 8.83. The molecule has 7 heteroatoms. The van der Waals surface area contributed by atoms with E-state index in [0.717, 1.165) is 44.8 Å². The number of aromatic nitrogens is 4. The number of ether oxygens (including phenoxy) is 1. The van der Waals surface area contributed by atoms with E-state index in [1.165, 1.54) is 0 Å². The lowest BCUT2D eigenvalue weighted by Crippen LogP contribution is -2.43. The molecule has 0 radical (unpaired) electrons. The van der Waals surface area contributed by atoms with Crippen LogP contribution in [0.4, 0.5) is 0 Å². The fourth-order valence-corrected chi connectivity index (χ4v) is 2.05. The molecule has 0 aromatic carbocycles. The van der Waals surface area contributed by atoms with Gasteiger partial charge >= 0.3 is 0 Å². The van der Waals surface area contributed by atoms with Gasteiger partial charge in [0, 0.05) is 19.6 Å². The standard InChI is InChI=1S/C11H21N5O2/c1-2-3-4-16-11(12-13-14-16)8-15-5-6-18-10(7-15)9-17/h10,17H,2-9H2,1H3. The highest BCUT2D eigenvalue weighted by Crippen LogP contribution is 2.08. The predicted octanol–water partition coefficient (Wildman–Crippen LogP) is -0.334. The summed E-state index contributed by atoms with van der Waals surface area (Å²) in [5.74, 6) is 0.891. The fourth-order valence-electron chi connectivity index (χ4n) is 2.05. The van der Waals surface area contributed by atoms with Gasteiger partial charge in [0.2, 0.25) is 0 Å². The summed E-state index contributed by atoms with van der Waals surface area (Å²) in [6.45, 7) is 6.05. The molecule has 7 nitrogen and oxygen atoms in total. The zero-order valence-corrected chi connectivity index (χ0v) is 10.8. The van der Waals surface area contributed by atoms with Crippen LogP contribution in [0.15, 0.2) is 0 Å². The first kappa shape index (κ1) is 13.4. The van der Waals surface area contributed by atoms with Gasteiger partial charge in [0.1, 0.15) is 0 Å². The van der Waals surface area contributed by atoms with Gasteiger partial charge in [0.05, 0.1) is 25.9 Å². The number of aliphatic hydroxyl groups excluding tert-OH is 1. The summed E-state index contributed by atoms with van der Waals surface area (Å²) in [6.07, 6.45) is 2.13. The minimum absolute atomic E-state index is 0.0667. The Morgan fingerprint density at radius 3 is 3.17 bits per heavy atom. The molecule has 0 amide bonds. The number of nitrogens with zero attached hydrogens (tertiary/aromatic N) is 5. The zero-order valence-electron chi connectivity index (χ0n) is 10.8. The molecule has 1 aliphatic rings. The van der Waals surface area contributed by atoms with Crippen molar-refractivity contribution in [3.63, 3.8) is 0 Å². The Bertz CT molecular complexity index is 357. The summed E-state index contributed by atoms with van der Waals surface area (Å²) in [5.41, 5.74) is 0. The predicted molar refractivity (Wildman–Crippen MR) is 64.8 cm³/mol. The summed E-state index contributed by atoms with van der Waals surface area (Å²) in [5, 5.41) is 20.9. The molecule has 1 aromatic heterocycles. The van der Waals surface area contributed by atoms with Crippen molar-refractivity contribution in [2.75, 3.05) is 26.3 Å². The van der Waals surface area contributed by atoms with Gasteiger partial charge in [0.15, 0.2) is 5.82 Å². The van der Waals surface area contributed by atoms with Crippen LogP contribution < -0.4 is 0 Å². The van der Waals surface area contributed by atoms with Gasteiger partial charge in [-0.25, -0.2) is 4.68 Å². The molecule has 1 fully saturated rings. The van der Waals surface area contributed by atoms with E-state index in [1.807, 2.05) is 4.68 Å². The fraction of sp³-hybridized carbons (Fsp3) is 0.909. The molecular weight excluding hydrogens is 234 g/mol. The molecule has 0 bridgehead atoms. The Kier molecular flexibility index (Phi) is 5.03. The lowest BCUT2D eigenvalue weighted by Gasteiger charge is -2.31. The first-order valence-electron chi connectivity index (χ1n) is 6.53. The topological polar surface area (TPSA) is 76.3 Å². The highest BCUT2D eigenvalue weighted by molar-refractivity contribution is 4.83. The molecule has 1 aliphatic heterocycles. The average molecular weight is 255 g/mol. The molecule has 1 atom stereocenters. The molecule has 18 heavy (non-hydrogen) atoms. The number of aliphatic hydroxyl groups is 1. The van der Waals surface area contributed by atoms with Gasteiger partial charge in [-0.05, 0) is 16.8 Å². The van der Waals surface area contributed by atoms with E-state index in [9.17, 15) is 0 Å². The van der Waals surface area contributed by atoms with Gasteiger partial charge < -0.3 is 9.84 Å². The molecule has 0 spiro atoms. The summed E-state index contributed by atoms with van der Waals surface area (Å²) in [6, 6.07) is 0. The van der Waals surface area contributed by atoms with Crippen molar-refractivity contribution in [2.45, 2.75) is 39.0 Å². The van der Waals surface area contributed by atoms with Crippen molar-refractivity contribution in [3.8, 4) is 0 Å². The van der Waals surface area contributed by atoms with Crippen LogP contribution in [-0.2, 0) is 17.8 Å². The third-order valence-corrected chi connectivity index (χ3v) is 3.12. The molecular formula is C11H21N5O2. The lowest BCUT2D eigenvalue weighted by atomic mass is 10.3. The van der Waals surface area contributed by atoms with Crippen molar-refractivity contribution in [3.05, 3.63) is 5.82 Å². The first-order valence-corrected chi connectivity index (χ1v) is 6.53. The smallest absolute Gasteiger partial charge is 0.165 e. The number of tetrazole rings is 1. The quantitative estimate of drug-likeness (QED) is 0.750. The van der Waals surface area contributed by atoms with Crippen molar-refractivity contribution in [2.24, 2.45) is 0 Å². The normalized spacial score (nSPS) is 21.3. The minimum Gasteiger partial charge on any atom is -0.394 e. The van der Waals surface area contributed by atoms with Crippen LogP contribution in [0.2, 0.25) is 0 Å². The monoisotopic (exact) mass is 255 g/mol. The Morgan fingerprint density at radius 1 is 1.50 bits per heavy atom. The maximum atomic E-state index is 9.11. The number of aryl methyl sites for hydroxylation is 1. The van der Waals surface area contributed by atoms with Crippen LogP contribution >= 0.6 is 0 Å². The number of unbranched alkanes of at least 4 members (excludes halogenated alkanes) is 1. The van der Waals surface area contributed by atoms with Crippen molar-refractivity contribution < 1.29 is 9.84 Å². The summed E-state index contributed by atoms with van der Waals surface area (Å²) >= 11 is 0. The largest absolute Gasteiger partial charge is 0.394 e. The van der Waals surface area contributed by atoms with Crippen LogP contribution in [0, 0.1) is 0 Å². The minimum atomic E-state index is -0.0845. The van der Waals surface area contributed by atoms with E-state index in [2.05, 4.69) is 27.3 Å². The Balaban J connectivity index is 1.90. The maximum Gasteiger partial charge on any atom is 0.165 e. The highest BCUT2D eigenvalue weighted by atomic mass is 16.5. The number of hydrogen-bond acceptors (Lipinski definition) is 6. The summed E-state index contributed by atoms with van der Waals surface area (Å²) in [7, 11) is 0. The van der Waals surface area contributed by atoms with E-state index >= 15 is 0 Å². The Hall–Kier alpha value is -1.05. The van der Waals surface area contributed by atoms with Crippen LogP contribution in [0.1, 0.15) is 25.6 Å². The lowest BCUT2D eigenvalue weighted by molar-refractivity contribution is -0.0559. The van der Waals surface area contributed by atoms with Crippen LogP contribution in [-0.4, -0.2) is 62.6 Å². The third kappa shape index (κ3) is 3.47. The van der Waals surface area contributed by atoms with Gasteiger partial charge in [-0.15, -0.1) is 5.10 Å². The molecule has 1 saturated heterocycles. The van der Waals surface area contributed by atoms with E-state index in [1.54, 1.807) is 0 Å². The highest BCUT2D eigenvalue weighted by Gasteiger charge is 2.21. The number of hydrogen-bond donors (Lipinski definition) is 1. The van der Waals surface area contributed by atoms with E-state index in [0.29, 0.717) is 6.61 Å². The van der Waals surface area contributed by atoms with Gasteiger partial charge in [0.25, 0.3) is 0 Å². The maximum absolute atomic E-state index is 9.11. The van der Waals surface area contributed by atoms with Crippen molar-refractivity contribution >= 4 is 0 Å². The van der Waals surface area contributed by atoms with Gasteiger partial charge in [-0.1, -0.05) is 13.3 Å². The molecule has 2 heterocycles. The van der Waals surface area contributed by atoms with Crippen molar-refractivity contribution in [1.82, 2.24) is 25.1 Å². The molecule has 1 N–H and O–H groups in total. The SMILES string of the molecule is CCCCn1nnnc1CN1CCOC(CO)C1. The zero-order chi connectivity index (χ0) is 12.8. The summed E-state index contributed by atoms with van der Waals surface area (Å²) < 4.78 is 7.29.